The lowest BCUT2D eigenvalue weighted by molar-refractivity contribution is -0.148. The van der Waals surface area contributed by atoms with Crippen LogP contribution in [-0.2, 0) is 9.59 Å². The van der Waals surface area contributed by atoms with Crippen molar-refractivity contribution in [3.8, 4) is 6.07 Å². The van der Waals surface area contributed by atoms with Crippen LogP contribution in [0.3, 0.4) is 0 Å². The maximum Gasteiger partial charge on any atom is 0.248 e. The molecule has 1 aromatic carbocycles. The van der Waals surface area contributed by atoms with Gasteiger partial charge < -0.3 is 9.80 Å². The number of amides is 2. The Labute approximate surface area is 165 Å². The summed E-state index contributed by atoms with van der Waals surface area (Å²) in [5.41, 5.74) is 4.78. The molecular weight excluding hydrogens is 356 g/mol. The number of rotatable bonds is 3. The second-order valence-electron chi connectivity index (χ2n) is 8.02. The molecule has 0 aliphatic carbocycles. The van der Waals surface area contributed by atoms with Crippen LogP contribution < -0.4 is 5.48 Å². The second kappa shape index (κ2) is 8.72. The monoisotopic (exact) mass is 384 g/mol. The molecule has 2 amide bonds. The number of hydrogen-bond donors (Lipinski definition) is 2. The second-order valence-corrected chi connectivity index (χ2v) is 8.02. The first-order valence-electron chi connectivity index (χ1n) is 9.86. The molecule has 2 aliphatic heterocycles. The van der Waals surface area contributed by atoms with E-state index in [9.17, 15) is 9.59 Å². The Balaban J connectivity index is 1.65. The fourth-order valence-corrected chi connectivity index (χ4v) is 4.61. The average molecular weight is 384 g/mol. The van der Waals surface area contributed by atoms with E-state index in [1.54, 1.807) is 5.48 Å². The summed E-state index contributed by atoms with van der Waals surface area (Å²) in [6, 6.07) is 7.98. The van der Waals surface area contributed by atoms with E-state index in [0.717, 1.165) is 24.9 Å². The quantitative estimate of drug-likeness (QED) is 0.610. The Bertz CT molecular complexity index is 780. The van der Waals surface area contributed by atoms with E-state index >= 15 is 0 Å². The van der Waals surface area contributed by atoms with Gasteiger partial charge >= 0.3 is 0 Å². The molecule has 2 saturated heterocycles. The van der Waals surface area contributed by atoms with Crippen LogP contribution in [0, 0.1) is 30.1 Å². The third-order valence-electron chi connectivity index (χ3n) is 6.23. The summed E-state index contributed by atoms with van der Waals surface area (Å²) in [6.07, 6.45) is 2.38. The van der Waals surface area contributed by atoms with E-state index < -0.39 is 11.8 Å². The van der Waals surface area contributed by atoms with Crippen molar-refractivity contribution in [3.05, 3.63) is 34.9 Å². The van der Waals surface area contributed by atoms with Crippen LogP contribution in [0.5, 0.6) is 0 Å². The summed E-state index contributed by atoms with van der Waals surface area (Å²) in [5.74, 6) is -0.971. The number of hydrogen-bond acceptors (Lipinski definition) is 5. The molecule has 2 fully saturated rings. The number of piperidine rings is 2. The van der Waals surface area contributed by atoms with Crippen molar-refractivity contribution in [2.24, 2.45) is 11.8 Å². The number of nitrogens with zero attached hydrogens (tertiary/aromatic N) is 3. The third kappa shape index (κ3) is 4.18. The summed E-state index contributed by atoms with van der Waals surface area (Å²) in [6.45, 7) is 4.62. The van der Waals surface area contributed by atoms with E-state index in [0.29, 0.717) is 37.5 Å². The van der Waals surface area contributed by atoms with Crippen LogP contribution in [0.25, 0.3) is 0 Å². The fraction of sp³-hybridized carbons (Fsp3) is 0.571. The fourth-order valence-electron chi connectivity index (χ4n) is 4.61. The van der Waals surface area contributed by atoms with Crippen molar-refractivity contribution >= 4 is 11.8 Å². The van der Waals surface area contributed by atoms with Gasteiger partial charge in [0.1, 0.15) is 0 Å². The minimum atomic E-state index is -0.519. The number of benzene rings is 1. The average Bonchev–Trinajstić information content (AvgIpc) is 2.72. The van der Waals surface area contributed by atoms with Crippen molar-refractivity contribution in [3.63, 3.8) is 0 Å². The van der Waals surface area contributed by atoms with Gasteiger partial charge in [0.2, 0.25) is 11.8 Å². The van der Waals surface area contributed by atoms with Crippen molar-refractivity contribution < 1.29 is 14.8 Å². The maximum absolute atomic E-state index is 13.1. The Kier molecular flexibility index (Phi) is 6.32. The number of carbonyl (C=O) groups is 2. The molecule has 0 bridgehead atoms. The first kappa shape index (κ1) is 20.3. The molecule has 1 aromatic rings. The minimum Gasteiger partial charge on any atom is -0.342 e. The predicted octanol–water partition coefficient (Wildman–Crippen LogP) is 1.65. The molecule has 7 heteroatoms. The standard InChI is InChI=1S/C21H28N4O3/c1-14-11-15(12-22)3-4-17(14)16-5-9-25(10-6-16)21(27)18-7-8-24(2)13-19(18)20(26)23-28/h3-4,11,16,18-19,28H,5-10,13H2,1-2H3,(H,23,26). The summed E-state index contributed by atoms with van der Waals surface area (Å²) < 4.78 is 0. The van der Waals surface area contributed by atoms with Crippen LogP contribution in [0.2, 0.25) is 0 Å². The Morgan fingerprint density at radius 1 is 1.18 bits per heavy atom. The highest BCUT2D eigenvalue weighted by molar-refractivity contribution is 5.87. The van der Waals surface area contributed by atoms with Crippen LogP contribution in [0.4, 0.5) is 0 Å². The molecule has 0 radical (unpaired) electrons. The Morgan fingerprint density at radius 3 is 2.50 bits per heavy atom. The van der Waals surface area contributed by atoms with Crippen LogP contribution in [-0.4, -0.2) is 60.0 Å². The highest BCUT2D eigenvalue weighted by Gasteiger charge is 2.40. The van der Waals surface area contributed by atoms with Gasteiger partial charge in [0.25, 0.3) is 0 Å². The maximum atomic E-state index is 13.1. The van der Waals surface area contributed by atoms with E-state index in [4.69, 9.17) is 10.5 Å². The van der Waals surface area contributed by atoms with Gasteiger partial charge in [0.05, 0.1) is 23.5 Å². The number of hydroxylamine groups is 1. The number of carbonyl (C=O) groups excluding carboxylic acids is 2. The molecule has 2 N–H and O–H groups in total. The first-order valence-corrected chi connectivity index (χ1v) is 9.86. The third-order valence-corrected chi connectivity index (χ3v) is 6.23. The molecule has 150 valence electrons. The largest absolute Gasteiger partial charge is 0.342 e. The van der Waals surface area contributed by atoms with Crippen molar-refractivity contribution in [2.75, 3.05) is 33.2 Å². The summed E-state index contributed by atoms with van der Waals surface area (Å²) in [5, 5.41) is 18.1. The number of aryl methyl sites for hydroxylation is 1. The number of nitrogens with one attached hydrogen (secondary N) is 1. The highest BCUT2D eigenvalue weighted by Crippen LogP contribution is 2.33. The summed E-state index contributed by atoms with van der Waals surface area (Å²) in [7, 11) is 1.92. The normalized spacial score (nSPS) is 23.9. The molecule has 2 aliphatic rings. The van der Waals surface area contributed by atoms with Crippen LogP contribution in [0.15, 0.2) is 18.2 Å². The van der Waals surface area contributed by atoms with Gasteiger partial charge in [-0.1, -0.05) is 6.07 Å². The van der Waals surface area contributed by atoms with Gasteiger partial charge in [-0.3, -0.25) is 14.8 Å². The molecule has 0 spiro atoms. The molecule has 7 nitrogen and oxygen atoms in total. The lowest BCUT2D eigenvalue weighted by atomic mass is 9.82. The van der Waals surface area contributed by atoms with E-state index in [-0.39, 0.29) is 11.8 Å². The predicted molar refractivity (Wildman–Crippen MR) is 103 cm³/mol. The van der Waals surface area contributed by atoms with Crippen LogP contribution in [0.1, 0.15) is 41.9 Å². The highest BCUT2D eigenvalue weighted by atomic mass is 16.5. The van der Waals surface area contributed by atoms with Crippen molar-refractivity contribution in [1.82, 2.24) is 15.3 Å². The Hall–Kier alpha value is -2.43. The van der Waals surface area contributed by atoms with Gasteiger partial charge in [-0.15, -0.1) is 0 Å². The molecule has 2 unspecified atom stereocenters. The zero-order valence-corrected chi connectivity index (χ0v) is 16.5. The van der Waals surface area contributed by atoms with Crippen LogP contribution >= 0.6 is 0 Å². The molecule has 28 heavy (non-hydrogen) atoms. The smallest absolute Gasteiger partial charge is 0.248 e. The zero-order valence-electron chi connectivity index (χ0n) is 16.5. The van der Waals surface area contributed by atoms with Gasteiger partial charge in [-0.05, 0) is 69.0 Å². The summed E-state index contributed by atoms with van der Waals surface area (Å²) >= 11 is 0. The SMILES string of the molecule is Cc1cc(C#N)ccc1C1CCN(C(=O)C2CCN(C)CC2C(=O)NO)CC1. The lowest BCUT2D eigenvalue weighted by Crippen LogP contribution is -2.52. The van der Waals surface area contributed by atoms with E-state index in [1.165, 1.54) is 5.56 Å². The van der Waals surface area contributed by atoms with Gasteiger partial charge in [0.15, 0.2) is 0 Å². The Morgan fingerprint density at radius 2 is 1.89 bits per heavy atom. The van der Waals surface area contributed by atoms with E-state index in [1.807, 2.05) is 42.0 Å². The van der Waals surface area contributed by atoms with Gasteiger partial charge in [-0.2, -0.15) is 5.26 Å². The van der Waals surface area contributed by atoms with Gasteiger partial charge in [0, 0.05) is 19.6 Å². The lowest BCUT2D eigenvalue weighted by Gasteiger charge is -2.39. The molecule has 3 rings (SSSR count). The number of likely N-dealkylation sites (tertiary alicyclic amines) is 2. The molecule has 2 heterocycles. The molecular formula is C21H28N4O3. The van der Waals surface area contributed by atoms with Gasteiger partial charge in [-0.25, -0.2) is 5.48 Å². The topological polar surface area (TPSA) is 96.7 Å². The first-order chi connectivity index (χ1) is 13.4. The molecule has 0 aromatic heterocycles. The van der Waals surface area contributed by atoms with Crippen molar-refractivity contribution in [2.45, 2.75) is 32.1 Å². The van der Waals surface area contributed by atoms with Crippen molar-refractivity contribution in [1.29, 1.82) is 5.26 Å². The zero-order chi connectivity index (χ0) is 20.3. The minimum absolute atomic E-state index is 0.0247. The number of nitriles is 1. The summed E-state index contributed by atoms with van der Waals surface area (Å²) in [4.78, 5) is 29.0. The molecule has 0 saturated carbocycles. The van der Waals surface area contributed by atoms with E-state index in [2.05, 4.69) is 6.07 Å². The molecule has 2 atom stereocenters.